The second-order valence-corrected chi connectivity index (χ2v) is 5.83. The van der Waals surface area contributed by atoms with E-state index in [9.17, 15) is 5.11 Å². The smallest absolute Gasteiger partial charge is 0.0988 e. The molecule has 1 aliphatic rings. The van der Waals surface area contributed by atoms with Crippen LogP contribution in [0.4, 0.5) is 0 Å². The Bertz CT molecular complexity index is 367. The predicted molar refractivity (Wildman–Crippen MR) is 69.6 cm³/mol. The Morgan fingerprint density at radius 3 is 2.41 bits per heavy atom. The van der Waals surface area contributed by atoms with Crippen molar-refractivity contribution in [3.63, 3.8) is 0 Å². The molecule has 1 aromatic heterocycles. The number of pyridine rings is 1. The Morgan fingerprint density at radius 1 is 1.18 bits per heavy atom. The van der Waals surface area contributed by atoms with Gasteiger partial charge >= 0.3 is 0 Å². The molecule has 1 saturated carbocycles. The maximum absolute atomic E-state index is 10.4. The second kappa shape index (κ2) is 5.18. The lowest BCUT2D eigenvalue weighted by Crippen LogP contribution is -2.25. The molecule has 0 aliphatic heterocycles. The summed E-state index contributed by atoms with van der Waals surface area (Å²) in [7, 11) is 0. The van der Waals surface area contributed by atoms with E-state index in [0.717, 1.165) is 36.1 Å². The molecule has 94 valence electrons. The lowest BCUT2D eigenvalue weighted by Gasteiger charge is -2.34. The fraction of sp³-hybridized carbons (Fsp3) is 0.667. The van der Waals surface area contributed by atoms with Gasteiger partial charge in [0.2, 0.25) is 0 Å². The zero-order valence-electron chi connectivity index (χ0n) is 11.1. The number of hydrogen-bond donors (Lipinski definition) is 1. The molecule has 17 heavy (non-hydrogen) atoms. The van der Waals surface area contributed by atoms with Crippen molar-refractivity contribution in [3.8, 4) is 0 Å². The summed E-state index contributed by atoms with van der Waals surface area (Å²) in [5, 5.41) is 10.4. The standard InChI is InChI=1S/C15H23NO/c1-10-7-11(2)9-13(8-10)15(17)14-6-4-5-12(3)16-14/h4-6,10-11,13,15,17H,7-9H2,1-3H3. The molecule has 1 aliphatic carbocycles. The monoisotopic (exact) mass is 233 g/mol. The minimum absolute atomic E-state index is 0.378. The molecular formula is C15H23NO. The largest absolute Gasteiger partial charge is 0.387 e. The first-order valence-corrected chi connectivity index (χ1v) is 6.68. The lowest BCUT2D eigenvalue weighted by molar-refractivity contribution is 0.0521. The fourth-order valence-electron chi connectivity index (χ4n) is 3.24. The lowest BCUT2D eigenvalue weighted by atomic mass is 9.74. The molecule has 0 saturated heterocycles. The number of aliphatic hydroxyl groups excluding tert-OH is 1. The van der Waals surface area contributed by atoms with Crippen LogP contribution in [0.25, 0.3) is 0 Å². The summed E-state index contributed by atoms with van der Waals surface area (Å²) in [4.78, 5) is 4.45. The van der Waals surface area contributed by atoms with Gasteiger partial charge in [-0.3, -0.25) is 4.98 Å². The van der Waals surface area contributed by atoms with E-state index in [2.05, 4.69) is 18.8 Å². The van der Waals surface area contributed by atoms with Gasteiger partial charge in [-0.05, 0) is 56.1 Å². The van der Waals surface area contributed by atoms with E-state index >= 15 is 0 Å². The van der Waals surface area contributed by atoms with Gasteiger partial charge in [-0.1, -0.05) is 19.9 Å². The average molecular weight is 233 g/mol. The van der Waals surface area contributed by atoms with Gasteiger partial charge in [0, 0.05) is 5.69 Å². The molecule has 3 atom stereocenters. The third-order valence-electron chi connectivity index (χ3n) is 3.87. The molecule has 1 N–H and O–H groups in total. The van der Waals surface area contributed by atoms with E-state index in [1.807, 2.05) is 25.1 Å². The van der Waals surface area contributed by atoms with Crippen molar-refractivity contribution in [3.05, 3.63) is 29.6 Å². The van der Waals surface area contributed by atoms with E-state index < -0.39 is 0 Å². The van der Waals surface area contributed by atoms with Crippen LogP contribution in [0, 0.1) is 24.7 Å². The maximum Gasteiger partial charge on any atom is 0.0988 e. The van der Waals surface area contributed by atoms with E-state index in [0.29, 0.717) is 5.92 Å². The average Bonchev–Trinajstić information content (AvgIpc) is 2.26. The van der Waals surface area contributed by atoms with Crippen molar-refractivity contribution >= 4 is 0 Å². The number of aliphatic hydroxyl groups is 1. The summed E-state index contributed by atoms with van der Waals surface area (Å²) in [5.74, 6) is 1.83. The summed E-state index contributed by atoms with van der Waals surface area (Å²) < 4.78 is 0. The highest BCUT2D eigenvalue weighted by molar-refractivity contribution is 5.13. The Labute approximate surface area is 104 Å². The van der Waals surface area contributed by atoms with Crippen molar-refractivity contribution < 1.29 is 5.11 Å². The van der Waals surface area contributed by atoms with Gasteiger partial charge in [-0.25, -0.2) is 0 Å². The zero-order chi connectivity index (χ0) is 12.4. The molecule has 0 bridgehead atoms. The highest BCUT2D eigenvalue weighted by atomic mass is 16.3. The zero-order valence-corrected chi connectivity index (χ0v) is 11.1. The Morgan fingerprint density at radius 2 is 1.82 bits per heavy atom. The predicted octanol–water partition coefficient (Wildman–Crippen LogP) is 3.50. The van der Waals surface area contributed by atoms with E-state index in [4.69, 9.17) is 0 Å². The van der Waals surface area contributed by atoms with Crippen LogP contribution in [-0.2, 0) is 0 Å². The van der Waals surface area contributed by atoms with Crippen LogP contribution >= 0.6 is 0 Å². The summed E-state index contributed by atoms with van der Waals surface area (Å²) in [5.41, 5.74) is 1.83. The minimum Gasteiger partial charge on any atom is -0.387 e. The van der Waals surface area contributed by atoms with Crippen molar-refractivity contribution in [2.45, 2.75) is 46.1 Å². The topological polar surface area (TPSA) is 33.1 Å². The summed E-state index contributed by atoms with van der Waals surface area (Å²) in [6.07, 6.45) is 3.16. The third-order valence-corrected chi connectivity index (χ3v) is 3.87. The normalized spacial score (nSPS) is 31.2. The first-order valence-electron chi connectivity index (χ1n) is 6.68. The van der Waals surface area contributed by atoms with Crippen molar-refractivity contribution in [2.75, 3.05) is 0 Å². The Balaban J connectivity index is 2.11. The Kier molecular flexibility index (Phi) is 3.82. The number of aryl methyl sites for hydroxylation is 1. The summed E-state index contributed by atoms with van der Waals surface area (Å²) in [6, 6.07) is 5.90. The van der Waals surface area contributed by atoms with Crippen LogP contribution in [0.2, 0.25) is 0 Å². The van der Waals surface area contributed by atoms with Crippen LogP contribution in [0.1, 0.15) is 50.6 Å². The maximum atomic E-state index is 10.4. The molecule has 2 rings (SSSR count). The molecule has 1 aromatic rings. The van der Waals surface area contributed by atoms with Gasteiger partial charge < -0.3 is 5.11 Å². The number of aromatic nitrogens is 1. The summed E-state index contributed by atoms with van der Waals surface area (Å²) in [6.45, 7) is 6.56. The number of nitrogens with zero attached hydrogens (tertiary/aromatic N) is 1. The fourth-order valence-corrected chi connectivity index (χ4v) is 3.24. The van der Waals surface area contributed by atoms with Crippen molar-refractivity contribution in [2.24, 2.45) is 17.8 Å². The first-order chi connectivity index (χ1) is 8.06. The molecule has 0 amide bonds. The number of rotatable bonds is 2. The highest BCUT2D eigenvalue weighted by Gasteiger charge is 2.30. The highest BCUT2D eigenvalue weighted by Crippen LogP contribution is 2.39. The van der Waals surface area contributed by atoms with Gasteiger partial charge in [0.1, 0.15) is 0 Å². The van der Waals surface area contributed by atoms with Crippen LogP contribution in [0.15, 0.2) is 18.2 Å². The molecule has 3 unspecified atom stereocenters. The van der Waals surface area contributed by atoms with E-state index in [1.54, 1.807) is 0 Å². The van der Waals surface area contributed by atoms with Crippen molar-refractivity contribution in [1.82, 2.24) is 4.98 Å². The van der Waals surface area contributed by atoms with Gasteiger partial charge in [0.25, 0.3) is 0 Å². The van der Waals surface area contributed by atoms with Crippen LogP contribution in [-0.4, -0.2) is 10.1 Å². The van der Waals surface area contributed by atoms with E-state index in [1.165, 1.54) is 6.42 Å². The van der Waals surface area contributed by atoms with Crippen LogP contribution < -0.4 is 0 Å². The number of hydrogen-bond acceptors (Lipinski definition) is 2. The second-order valence-electron chi connectivity index (χ2n) is 5.83. The molecule has 2 heteroatoms. The van der Waals surface area contributed by atoms with E-state index in [-0.39, 0.29) is 6.10 Å². The minimum atomic E-state index is -0.389. The quantitative estimate of drug-likeness (QED) is 0.848. The molecule has 0 radical (unpaired) electrons. The Hall–Kier alpha value is -0.890. The van der Waals surface area contributed by atoms with Crippen molar-refractivity contribution in [1.29, 1.82) is 0 Å². The third kappa shape index (κ3) is 3.06. The van der Waals surface area contributed by atoms with Gasteiger partial charge in [0.05, 0.1) is 11.8 Å². The van der Waals surface area contributed by atoms with Gasteiger partial charge in [-0.2, -0.15) is 0 Å². The molecule has 0 aromatic carbocycles. The van der Waals surface area contributed by atoms with Crippen LogP contribution in [0.5, 0.6) is 0 Å². The molecule has 2 nitrogen and oxygen atoms in total. The van der Waals surface area contributed by atoms with Gasteiger partial charge in [0.15, 0.2) is 0 Å². The molecular weight excluding hydrogens is 210 g/mol. The first kappa shape index (κ1) is 12.6. The molecule has 1 fully saturated rings. The summed E-state index contributed by atoms with van der Waals surface area (Å²) >= 11 is 0. The van der Waals surface area contributed by atoms with Gasteiger partial charge in [-0.15, -0.1) is 0 Å². The SMILES string of the molecule is Cc1cccc(C(O)C2CC(C)CC(C)C2)n1. The molecule has 1 heterocycles. The van der Waals surface area contributed by atoms with Crippen LogP contribution in [0.3, 0.4) is 0 Å². The molecule has 0 spiro atoms.